The molecule has 5 rings (SSSR count). The Bertz CT molecular complexity index is 1150. The van der Waals surface area contributed by atoms with Crippen molar-refractivity contribution >= 4 is 17.7 Å². The summed E-state index contributed by atoms with van der Waals surface area (Å²) in [6, 6.07) is 39.3. The fourth-order valence-electron chi connectivity index (χ4n) is 4.78. The van der Waals surface area contributed by atoms with Crippen molar-refractivity contribution in [3.05, 3.63) is 132 Å². The molecule has 4 heteroatoms. The number of halogens is 2. The molecule has 0 aromatic heterocycles. The molecule has 0 fully saturated rings. The van der Waals surface area contributed by atoms with E-state index in [1.165, 1.54) is 28.3 Å². The van der Waals surface area contributed by atoms with Crippen LogP contribution in [0.3, 0.4) is 0 Å². The van der Waals surface area contributed by atoms with Gasteiger partial charge in [0.25, 0.3) is 0 Å². The van der Waals surface area contributed by atoms with Crippen molar-refractivity contribution in [1.29, 1.82) is 0 Å². The Kier molecular flexibility index (Phi) is 8.17. The Morgan fingerprint density at radius 2 is 1.09 bits per heavy atom. The van der Waals surface area contributed by atoms with Crippen LogP contribution in [0.4, 0.5) is 0 Å². The summed E-state index contributed by atoms with van der Waals surface area (Å²) >= 11 is -3.36. The average Bonchev–Trinajstić information content (AvgIpc) is 3.26. The van der Waals surface area contributed by atoms with Crippen molar-refractivity contribution in [1.82, 2.24) is 0 Å². The van der Waals surface area contributed by atoms with E-state index in [9.17, 15) is 0 Å². The summed E-state index contributed by atoms with van der Waals surface area (Å²) in [7, 11) is 1.90. The number of allylic oxidation sites excluding steroid dienone is 1. The van der Waals surface area contributed by atoms with Crippen molar-refractivity contribution in [2.45, 2.75) is 5.92 Å². The molecule has 1 unspecified atom stereocenters. The summed E-state index contributed by atoms with van der Waals surface area (Å²) in [5.41, 5.74) is 4.04. The Morgan fingerprint density at radius 1 is 0.594 bits per heavy atom. The molecule has 1 atom stereocenters. The van der Waals surface area contributed by atoms with E-state index in [1.807, 2.05) is 7.11 Å². The number of hydrogen-bond acceptors (Lipinski definition) is 1. The molecule has 1 aliphatic rings. The quantitative estimate of drug-likeness (QED) is 0.318. The normalized spacial score (nSPS) is 13.7. The zero-order valence-electron chi connectivity index (χ0n) is 17.8. The standard InChI is InChI=1S/C15H11.2C6H5.CH3O.2ClH.Ti/c1-2-6-12(7-3-1)15-11-10-13-8-4-5-9-14(13)15;2*1-2-4-6-5-3-1;1-2;;;/h1-6,8-11,15H;2*1-5H;1H3;2*1H;/q;;;-1;;;+3/p-2. The third kappa shape index (κ3) is 4.12. The number of fused-ring (bicyclic) bond motifs is 1. The fourth-order valence-corrected chi connectivity index (χ4v) is 10.9. The summed E-state index contributed by atoms with van der Waals surface area (Å²) < 4.78 is 10.6. The maximum absolute atomic E-state index is 6.65. The second-order valence-electron chi connectivity index (χ2n) is 7.67. The molecule has 0 saturated carbocycles. The molecule has 4 aromatic rings. The van der Waals surface area contributed by atoms with Gasteiger partial charge in [0.1, 0.15) is 0 Å². The Hall–Kier alpha value is -2.13. The minimum atomic E-state index is -3.36. The molecule has 1 nitrogen and oxygen atoms in total. The van der Waals surface area contributed by atoms with Crippen molar-refractivity contribution in [2.24, 2.45) is 0 Å². The van der Waals surface area contributed by atoms with E-state index in [-0.39, 0.29) is 30.7 Å². The molecule has 0 saturated heterocycles. The van der Waals surface area contributed by atoms with Gasteiger partial charge in [-0.1, -0.05) is 0 Å². The molecular formula is C28H24Cl2OTi. The van der Waals surface area contributed by atoms with Crippen LogP contribution in [-0.2, 0) is 20.3 Å². The van der Waals surface area contributed by atoms with Gasteiger partial charge in [-0.2, -0.15) is 0 Å². The van der Waals surface area contributed by atoms with Gasteiger partial charge in [-0.15, -0.1) is 0 Å². The Labute approximate surface area is 206 Å². The van der Waals surface area contributed by atoms with E-state index in [4.69, 9.17) is 3.32 Å². The molecule has 4 aromatic carbocycles. The summed E-state index contributed by atoms with van der Waals surface area (Å²) in [6.45, 7) is 0. The molecule has 0 N–H and O–H groups in total. The summed E-state index contributed by atoms with van der Waals surface area (Å²) in [5, 5.41) is 0. The van der Waals surface area contributed by atoms with E-state index in [0.717, 1.165) is 0 Å². The molecule has 0 radical (unpaired) electrons. The van der Waals surface area contributed by atoms with E-state index in [0.29, 0.717) is 0 Å². The van der Waals surface area contributed by atoms with E-state index in [1.54, 1.807) is 0 Å². The van der Waals surface area contributed by atoms with Crippen LogP contribution in [0.5, 0.6) is 0 Å². The predicted octanol–water partition coefficient (Wildman–Crippen LogP) is -1.16. The molecule has 1 aliphatic carbocycles. The Morgan fingerprint density at radius 3 is 1.69 bits per heavy atom. The topological polar surface area (TPSA) is 9.23 Å². The van der Waals surface area contributed by atoms with Crippen LogP contribution < -0.4 is 36.4 Å². The van der Waals surface area contributed by atoms with Crippen LogP contribution >= 0.6 is 0 Å². The van der Waals surface area contributed by atoms with Gasteiger partial charge >= 0.3 is 183 Å². The molecule has 0 amide bonds. The molecule has 0 heterocycles. The zero-order chi connectivity index (χ0) is 20.4. The van der Waals surface area contributed by atoms with Crippen molar-refractivity contribution in [3.8, 4) is 0 Å². The van der Waals surface area contributed by atoms with Crippen LogP contribution in [0.25, 0.3) is 6.08 Å². The summed E-state index contributed by atoms with van der Waals surface area (Å²) in [5.74, 6) is 0.255. The molecule has 160 valence electrons. The minimum absolute atomic E-state index is 0. The predicted molar refractivity (Wildman–Crippen MR) is 123 cm³/mol. The van der Waals surface area contributed by atoms with Gasteiger partial charge in [0.05, 0.1) is 0 Å². The smallest absolute Gasteiger partial charge is 1.00 e. The molecule has 32 heavy (non-hydrogen) atoms. The van der Waals surface area contributed by atoms with Crippen molar-refractivity contribution < 1.29 is 45.1 Å². The van der Waals surface area contributed by atoms with Gasteiger partial charge in [-0.25, -0.2) is 0 Å². The van der Waals surface area contributed by atoms with Gasteiger partial charge in [0.2, 0.25) is 0 Å². The van der Waals surface area contributed by atoms with E-state index in [2.05, 4.69) is 121 Å². The van der Waals surface area contributed by atoms with Gasteiger partial charge in [0, 0.05) is 0 Å². The molecule has 0 bridgehead atoms. The summed E-state index contributed by atoms with van der Waals surface area (Å²) in [4.78, 5) is 0. The first kappa shape index (κ1) is 24.5. The van der Waals surface area contributed by atoms with Crippen molar-refractivity contribution in [3.63, 3.8) is 0 Å². The van der Waals surface area contributed by atoms with E-state index < -0.39 is 17.0 Å². The van der Waals surface area contributed by atoms with Crippen LogP contribution in [0, 0.1) is 0 Å². The number of benzene rings is 4. The van der Waals surface area contributed by atoms with Crippen LogP contribution in [0.2, 0.25) is 0 Å². The second kappa shape index (κ2) is 10.7. The monoisotopic (exact) mass is 494 g/mol. The Balaban J connectivity index is 0.00000144. The van der Waals surface area contributed by atoms with Crippen molar-refractivity contribution in [2.75, 3.05) is 7.11 Å². The van der Waals surface area contributed by atoms with E-state index >= 15 is 0 Å². The molecule has 0 spiro atoms. The minimum Gasteiger partial charge on any atom is -1.00 e. The first-order valence-electron chi connectivity index (χ1n) is 10.4. The number of hydrogen-bond donors (Lipinski definition) is 0. The number of rotatable bonds is 5. The van der Waals surface area contributed by atoms with Gasteiger partial charge in [0.15, 0.2) is 0 Å². The SMILES string of the molecule is C[O][Ti+2]([c]1ccccc1)([c]1ccccc1)[c]1ccccc1C1C=Cc2ccccc21.[Cl-].[Cl-]. The maximum atomic E-state index is 6.65. The van der Waals surface area contributed by atoms with Crippen LogP contribution in [-0.4, -0.2) is 7.11 Å². The molecular weight excluding hydrogens is 471 g/mol. The fraction of sp³-hybridized carbons (Fsp3) is 0.0714. The largest absolute Gasteiger partial charge is 1.00 e. The van der Waals surface area contributed by atoms with Gasteiger partial charge < -0.3 is 24.8 Å². The molecule has 0 aliphatic heterocycles. The summed E-state index contributed by atoms with van der Waals surface area (Å²) in [6.07, 6.45) is 4.59. The average molecular weight is 495 g/mol. The van der Waals surface area contributed by atoms with Gasteiger partial charge in [-0.3, -0.25) is 0 Å². The second-order valence-corrected chi connectivity index (χ2v) is 13.1. The first-order chi connectivity index (χ1) is 14.8. The van der Waals surface area contributed by atoms with Crippen LogP contribution in [0.1, 0.15) is 22.6 Å². The van der Waals surface area contributed by atoms with Gasteiger partial charge in [-0.05, 0) is 0 Å². The zero-order valence-corrected chi connectivity index (χ0v) is 20.9. The first-order valence-corrected chi connectivity index (χ1v) is 13.4. The third-order valence-corrected chi connectivity index (χ3v) is 12.6. The van der Waals surface area contributed by atoms with Crippen LogP contribution in [0.15, 0.2) is 115 Å². The maximum Gasteiger partial charge on any atom is -1.00 e. The third-order valence-electron chi connectivity index (χ3n) is 6.14.